The molecule has 182 valence electrons. The molecule has 0 aliphatic heterocycles. The maximum absolute atomic E-state index is 13.2. The van der Waals surface area contributed by atoms with Crippen molar-refractivity contribution in [2.45, 2.75) is 32.1 Å². The predicted molar refractivity (Wildman–Crippen MR) is 141 cm³/mol. The summed E-state index contributed by atoms with van der Waals surface area (Å²) in [5, 5.41) is 9.60. The molecule has 1 aliphatic carbocycles. The van der Waals surface area contributed by atoms with Crippen molar-refractivity contribution in [2.75, 3.05) is 23.1 Å². The molecule has 0 bridgehead atoms. The molecule has 0 spiro atoms. The Morgan fingerprint density at radius 2 is 1.56 bits per heavy atom. The van der Waals surface area contributed by atoms with E-state index in [0.717, 1.165) is 46.9 Å². The first-order valence-electron chi connectivity index (χ1n) is 11.8. The molecule has 1 amide bonds. The van der Waals surface area contributed by atoms with Crippen LogP contribution in [-0.4, -0.2) is 28.0 Å². The second kappa shape index (κ2) is 9.65. The highest BCUT2D eigenvalue weighted by atomic mass is 16.5. The van der Waals surface area contributed by atoms with Crippen LogP contribution in [0.2, 0.25) is 0 Å². The highest BCUT2D eigenvalue weighted by molar-refractivity contribution is 6.02. The molecule has 2 heterocycles. The number of aromatic nitrogens is 3. The second-order valence-corrected chi connectivity index (χ2v) is 8.97. The van der Waals surface area contributed by atoms with E-state index in [9.17, 15) is 4.79 Å². The van der Waals surface area contributed by atoms with Gasteiger partial charge in [0, 0.05) is 29.2 Å². The SMILES string of the molecule is COc1ccccc1C1(C(=O)Nc2ccc(Nc3cc(Nc4cc(C)ccn4)nc(C)n3)cc2)CC1. The van der Waals surface area contributed by atoms with Crippen molar-refractivity contribution < 1.29 is 9.53 Å². The van der Waals surface area contributed by atoms with Crippen molar-refractivity contribution in [3.63, 3.8) is 0 Å². The van der Waals surface area contributed by atoms with Gasteiger partial charge in [-0.05, 0) is 74.7 Å². The number of amides is 1. The summed E-state index contributed by atoms with van der Waals surface area (Å²) < 4.78 is 5.49. The molecule has 0 saturated heterocycles. The van der Waals surface area contributed by atoms with E-state index in [1.165, 1.54) is 0 Å². The molecule has 1 saturated carbocycles. The molecule has 0 unspecified atom stereocenters. The normalized spacial score (nSPS) is 13.5. The van der Waals surface area contributed by atoms with E-state index in [1.54, 1.807) is 13.3 Å². The van der Waals surface area contributed by atoms with E-state index in [4.69, 9.17) is 4.74 Å². The first-order valence-corrected chi connectivity index (χ1v) is 11.8. The number of carbonyl (C=O) groups excluding carboxylic acids is 1. The average molecular weight is 481 g/mol. The van der Waals surface area contributed by atoms with E-state index in [1.807, 2.05) is 80.6 Å². The van der Waals surface area contributed by atoms with Gasteiger partial charge in [0.05, 0.1) is 12.5 Å². The molecule has 8 nitrogen and oxygen atoms in total. The molecule has 5 rings (SSSR count). The van der Waals surface area contributed by atoms with Gasteiger partial charge in [0.25, 0.3) is 0 Å². The highest BCUT2D eigenvalue weighted by Crippen LogP contribution is 2.52. The molecule has 1 aliphatic rings. The molecule has 8 heteroatoms. The fourth-order valence-electron chi connectivity index (χ4n) is 4.25. The van der Waals surface area contributed by atoms with Gasteiger partial charge < -0.3 is 20.7 Å². The number of nitrogens with zero attached hydrogens (tertiary/aromatic N) is 3. The number of nitrogens with one attached hydrogen (secondary N) is 3. The zero-order chi connectivity index (χ0) is 25.1. The Balaban J connectivity index is 1.26. The molecular weight excluding hydrogens is 452 g/mol. The maximum Gasteiger partial charge on any atom is 0.235 e. The highest BCUT2D eigenvalue weighted by Gasteiger charge is 2.52. The summed E-state index contributed by atoms with van der Waals surface area (Å²) in [6.45, 7) is 3.86. The number of ether oxygens (including phenoxy) is 1. The fourth-order valence-corrected chi connectivity index (χ4v) is 4.25. The molecule has 1 fully saturated rings. The van der Waals surface area contributed by atoms with Crippen LogP contribution in [0.15, 0.2) is 72.9 Å². The largest absolute Gasteiger partial charge is 0.496 e. The molecule has 2 aromatic heterocycles. The van der Waals surface area contributed by atoms with E-state index in [2.05, 4.69) is 30.9 Å². The Morgan fingerprint density at radius 1 is 0.861 bits per heavy atom. The van der Waals surface area contributed by atoms with Crippen LogP contribution < -0.4 is 20.7 Å². The van der Waals surface area contributed by atoms with Gasteiger partial charge >= 0.3 is 0 Å². The van der Waals surface area contributed by atoms with Gasteiger partial charge in [-0.15, -0.1) is 0 Å². The number of benzene rings is 2. The van der Waals surface area contributed by atoms with Gasteiger partial charge in [0.1, 0.15) is 29.0 Å². The van der Waals surface area contributed by atoms with Crippen LogP contribution in [0.3, 0.4) is 0 Å². The Labute approximate surface area is 210 Å². The van der Waals surface area contributed by atoms with Gasteiger partial charge in [-0.3, -0.25) is 4.79 Å². The molecule has 3 N–H and O–H groups in total. The number of hydrogen-bond acceptors (Lipinski definition) is 7. The van der Waals surface area contributed by atoms with Crippen molar-refractivity contribution in [1.82, 2.24) is 15.0 Å². The fraction of sp³-hybridized carbons (Fsp3) is 0.214. The van der Waals surface area contributed by atoms with Gasteiger partial charge in [0.15, 0.2) is 0 Å². The number of para-hydroxylation sites is 1. The second-order valence-electron chi connectivity index (χ2n) is 8.97. The van der Waals surface area contributed by atoms with Crippen LogP contribution >= 0.6 is 0 Å². The average Bonchev–Trinajstić information content (AvgIpc) is 3.67. The Bertz CT molecular complexity index is 1400. The van der Waals surface area contributed by atoms with Crippen molar-refractivity contribution in [2.24, 2.45) is 0 Å². The van der Waals surface area contributed by atoms with Crippen molar-refractivity contribution in [1.29, 1.82) is 0 Å². The molecule has 4 aromatic rings. The zero-order valence-electron chi connectivity index (χ0n) is 20.5. The number of anilines is 5. The lowest BCUT2D eigenvalue weighted by Crippen LogP contribution is -2.28. The summed E-state index contributed by atoms with van der Waals surface area (Å²) in [5.41, 5.74) is 3.10. The van der Waals surface area contributed by atoms with Crippen LogP contribution in [0.1, 0.15) is 29.8 Å². The number of hydrogen-bond donors (Lipinski definition) is 3. The number of carbonyl (C=O) groups is 1. The van der Waals surface area contributed by atoms with Gasteiger partial charge in [-0.25, -0.2) is 15.0 Å². The zero-order valence-corrected chi connectivity index (χ0v) is 20.5. The number of methoxy groups -OCH3 is 1. The number of aryl methyl sites for hydroxylation is 2. The Kier molecular flexibility index (Phi) is 6.25. The lowest BCUT2D eigenvalue weighted by Gasteiger charge is -2.18. The molecule has 0 radical (unpaired) electrons. The third-order valence-electron chi connectivity index (χ3n) is 6.23. The maximum atomic E-state index is 13.2. The van der Waals surface area contributed by atoms with E-state index < -0.39 is 5.41 Å². The summed E-state index contributed by atoms with van der Waals surface area (Å²) >= 11 is 0. The lowest BCUT2D eigenvalue weighted by atomic mass is 9.94. The minimum absolute atomic E-state index is 0.0143. The van der Waals surface area contributed by atoms with Crippen LogP contribution in [-0.2, 0) is 10.2 Å². The predicted octanol–water partition coefficient (Wildman–Crippen LogP) is 5.65. The van der Waals surface area contributed by atoms with Gasteiger partial charge in [0.2, 0.25) is 5.91 Å². The summed E-state index contributed by atoms with van der Waals surface area (Å²) in [5.74, 6) is 3.39. The lowest BCUT2D eigenvalue weighted by molar-refractivity contribution is -0.118. The third kappa shape index (κ3) is 4.98. The van der Waals surface area contributed by atoms with Gasteiger partial charge in [-0.1, -0.05) is 18.2 Å². The van der Waals surface area contributed by atoms with Crippen LogP contribution in [0.5, 0.6) is 5.75 Å². The standard InChI is InChI=1S/C28H28N6O2/c1-18-12-15-29-24(16-18)34-26-17-25(30-19(2)31-26)32-20-8-10-21(11-9-20)33-27(35)28(13-14-28)22-6-4-5-7-23(22)36-3/h4-12,15-17H,13-14H2,1-3H3,(H,33,35)(H2,29,30,31,32,34). The van der Waals surface area contributed by atoms with E-state index in [-0.39, 0.29) is 5.91 Å². The molecule has 0 atom stereocenters. The minimum Gasteiger partial charge on any atom is -0.496 e. The van der Waals surface area contributed by atoms with Crippen molar-refractivity contribution in [3.05, 3.63) is 89.9 Å². The Hall–Kier alpha value is -4.46. The monoisotopic (exact) mass is 480 g/mol. The summed E-state index contributed by atoms with van der Waals surface area (Å²) in [6.07, 6.45) is 3.37. The number of pyridine rings is 1. The van der Waals surface area contributed by atoms with Crippen LogP contribution in [0.4, 0.5) is 28.8 Å². The van der Waals surface area contributed by atoms with E-state index in [0.29, 0.717) is 17.5 Å². The van der Waals surface area contributed by atoms with Crippen molar-refractivity contribution >= 4 is 34.7 Å². The first-order chi connectivity index (χ1) is 17.4. The summed E-state index contributed by atoms with van der Waals surface area (Å²) in [4.78, 5) is 26.4. The van der Waals surface area contributed by atoms with Crippen molar-refractivity contribution in [3.8, 4) is 5.75 Å². The van der Waals surface area contributed by atoms with Crippen LogP contribution in [0.25, 0.3) is 0 Å². The van der Waals surface area contributed by atoms with Gasteiger partial charge in [-0.2, -0.15) is 0 Å². The Morgan fingerprint density at radius 3 is 2.25 bits per heavy atom. The third-order valence-corrected chi connectivity index (χ3v) is 6.23. The minimum atomic E-state index is -0.530. The molecule has 2 aromatic carbocycles. The topological polar surface area (TPSA) is 101 Å². The first kappa shape index (κ1) is 23.3. The quantitative estimate of drug-likeness (QED) is 0.299. The number of rotatable bonds is 8. The summed E-state index contributed by atoms with van der Waals surface area (Å²) in [7, 11) is 1.64. The molecule has 36 heavy (non-hydrogen) atoms. The summed E-state index contributed by atoms with van der Waals surface area (Å²) in [6, 6.07) is 21.0. The van der Waals surface area contributed by atoms with Crippen LogP contribution in [0, 0.1) is 13.8 Å². The molecular formula is C28H28N6O2. The smallest absolute Gasteiger partial charge is 0.235 e. The van der Waals surface area contributed by atoms with E-state index >= 15 is 0 Å².